The summed E-state index contributed by atoms with van der Waals surface area (Å²) in [5.74, 6) is -2.19. The Kier molecular flexibility index (Phi) is 7.72. The van der Waals surface area contributed by atoms with Crippen LogP contribution in [0.5, 0.6) is 5.75 Å². The van der Waals surface area contributed by atoms with Crippen LogP contribution in [-0.4, -0.2) is 31.3 Å². The Morgan fingerprint density at radius 2 is 1.82 bits per heavy atom. The summed E-state index contributed by atoms with van der Waals surface area (Å²) >= 11 is 6.29. The number of anilines is 2. The molecule has 0 saturated heterocycles. The Morgan fingerprint density at radius 3 is 2.41 bits per heavy atom. The number of halogens is 2. The number of hydrogen-bond acceptors (Lipinski definition) is 6. The van der Waals surface area contributed by atoms with E-state index in [2.05, 4.69) is 10.3 Å². The van der Waals surface area contributed by atoms with Crippen molar-refractivity contribution in [3.05, 3.63) is 79.8 Å². The zero-order valence-corrected chi connectivity index (χ0v) is 19.5. The number of nitrogens with one attached hydrogen (secondary N) is 1. The maximum Gasteiger partial charge on any atom is 0.354 e. The van der Waals surface area contributed by atoms with E-state index in [0.29, 0.717) is 22.0 Å². The number of ether oxygens (including phenoxy) is 1. The number of hydrogen-bond donors (Lipinski definition) is 2. The molecule has 11 heteroatoms. The van der Waals surface area contributed by atoms with Crippen LogP contribution in [0, 0.1) is 11.7 Å². The molecule has 0 spiro atoms. The fourth-order valence-corrected chi connectivity index (χ4v) is 3.33. The monoisotopic (exact) mass is 490 g/mol. The van der Waals surface area contributed by atoms with E-state index in [4.69, 9.17) is 16.3 Å². The minimum absolute atomic E-state index is 0.0432. The molecule has 180 valence electrons. The van der Waals surface area contributed by atoms with Gasteiger partial charge in [0.2, 0.25) is 5.95 Å². The molecule has 0 amide bonds. The SMILES string of the molecule is CC(C)Oc1ccc(Nc2nc(=O)n(C[C@H](C)C(=O)O)c(=O)n2Cc2ccc(F)cc2)cc1Cl. The molecule has 0 aliphatic rings. The van der Waals surface area contributed by atoms with Gasteiger partial charge < -0.3 is 15.2 Å². The average molecular weight is 491 g/mol. The van der Waals surface area contributed by atoms with Gasteiger partial charge in [-0.15, -0.1) is 0 Å². The predicted octanol–water partition coefficient (Wildman–Crippen LogP) is 3.50. The third kappa shape index (κ3) is 6.02. The van der Waals surface area contributed by atoms with Crippen molar-refractivity contribution in [2.75, 3.05) is 5.32 Å². The molecule has 3 rings (SSSR count). The first-order valence-corrected chi connectivity index (χ1v) is 10.8. The molecule has 0 aliphatic carbocycles. The number of aromatic nitrogens is 3. The van der Waals surface area contributed by atoms with Gasteiger partial charge >= 0.3 is 17.3 Å². The van der Waals surface area contributed by atoms with E-state index in [1.54, 1.807) is 18.2 Å². The summed E-state index contributed by atoms with van der Waals surface area (Å²) in [4.78, 5) is 41.0. The number of benzene rings is 2. The van der Waals surface area contributed by atoms with Crippen molar-refractivity contribution in [3.8, 4) is 5.75 Å². The van der Waals surface area contributed by atoms with Crippen molar-refractivity contribution >= 4 is 29.2 Å². The van der Waals surface area contributed by atoms with Gasteiger partial charge in [0.05, 0.1) is 23.6 Å². The van der Waals surface area contributed by atoms with Gasteiger partial charge in [-0.25, -0.2) is 18.5 Å². The molecule has 0 unspecified atom stereocenters. The van der Waals surface area contributed by atoms with Crippen molar-refractivity contribution in [2.45, 2.75) is 40.0 Å². The second-order valence-corrected chi connectivity index (χ2v) is 8.41. The van der Waals surface area contributed by atoms with Crippen LogP contribution in [0.4, 0.5) is 16.0 Å². The van der Waals surface area contributed by atoms with E-state index < -0.39 is 29.1 Å². The minimum atomic E-state index is -1.16. The highest BCUT2D eigenvalue weighted by molar-refractivity contribution is 6.32. The lowest BCUT2D eigenvalue weighted by Crippen LogP contribution is -2.44. The van der Waals surface area contributed by atoms with Crippen LogP contribution < -0.4 is 21.4 Å². The molecule has 3 aromatic rings. The van der Waals surface area contributed by atoms with Crippen molar-refractivity contribution in [3.63, 3.8) is 0 Å². The first kappa shape index (κ1) is 25.0. The molecule has 0 aliphatic heterocycles. The van der Waals surface area contributed by atoms with Crippen LogP contribution in [0.3, 0.4) is 0 Å². The molecule has 1 heterocycles. The van der Waals surface area contributed by atoms with Gasteiger partial charge in [0.25, 0.3) is 0 Å². The van der Waals surface area contributed by atoms with Gasteiger partial charge in [-0.3, -0.25) is 9.36 Å². The first-order valence-electron chi connectivity index (χ1n) is 10.5. The normalized spacial score (nSPS) is 11.9. The summed E-state index contributed by atoms with van der Waals surface area (Å²) in [6.45, 7) is 4.71. The molecule has 0 bridgehead atoms. The second-order valence-electron chi connectivity index (χ2n) is 8.00. The Morgan fingerprint density at radius 1 is 1.15 bits per heavy atom. The summed E-state index contributed by atoms with van der Waals surface area (Å²) in [5, 5.41) is 12.4. The number of nitrogens with zero attached hydrogens (tertiary/aromatic N) is 3. The molecule has 9 nitrogen and oxygen atoms in total. The van der Waals surface area contributed by atoms with Crippen LogP contribution in [0.15, 0.2) is 52.1 Å². The number of aliphatic carboxylic acids is 1. The number of carbonyl (C=O) groups is 1. The highest BCUT2D eigenvalue weighted by Crippen LogP contribution is 2.29. The van der Waals surface area contributed by atoms with Crippen LogP contribution in [0.25, 0.3) is 0 Å². The van der Waals surface area contributed by atoms with Crippen LogP contribution in [0.2, 0.25) is 5.02 Å². The molecule has 2 aromatic carbocycles. The lowest BCUT2D eigenvalue weighted by atomic mass is 10.2. The van der Waals surface area contributed by atoms with Gasteiger partial charge in [0.15, 0.2) is 0 Å². The van der Waals surface area contributed by atoms with E-state index in [0.717, 1.165) is 4.57 Å². The van der Waals surface area contributed by atoms with Gasteiger partial charge in [0.1, 0.15) is 11.6 Å². The fraction of sp³-hybridized carbons (Fsp3) is 0.304. The maximum absolute atomic E-state index is 13.3. The van der Waals surface area contributed by atoms with Crippen molar-refractivity contribution < 1.29 is 19.0 Å². The zero-order valence-electron chi connectivity index (χ0n) is 18.8. The molecule has 0 fully saturated rings. The zero-order chi connectivity index (χ0) is 25.0. The van der Waals surface area contributed by atoms with Gasteiger partial charge in [-0.1, -0.05) is 30.7 Å². The maximum atomic E-state index is 13.3. The Bertz CT molecular complexity index is 1300. The summed E-state index contributed by atoms with van der Waals surface area (Å²) in [6.07, 6.45) is -0.0837. The van der Waals surface area contributed by atoms with E-state index in [1.807, 2.05) is 13.8 Å². The van der Waals surface area contributed by atoms with Crippen LogP contribution in [-0.2, 0) is 17.9 Å². The predicted molar refractivity (Wildman–Crippen MR) is 126 cm³/mol. The lowest BCUT2D eigenvalue weighted by molar-refractivity contribution is -0.141. The van der Waals surface area contributed by atoms with Crippen molar-refractivity contribution in [1.82, 2.24) is 14.1 Å². The third-order valence-electron chi connectivity index (χ3n) is 4.83. The Labute approximate surface area is 199 Å². The number of rotatable bonds is 9. The molecule has 0 saturated carbocycles. The number of carboxylic acid groups (broad SMARTS) is 1. The highest BCUT2D eigenvalue weighted by Gasteiger charge is 2.19. The van der Waals surface area contributed by atoms with Crippen LogP contribution >= 0.6 is 11.6 Å². The first-order chi connectivity index (χ1) is 16.0. The molecule has 1 aromatic heterocycles. The lowest BCUT2D eigenvalue weighted by Gasteiger charge is -2.17. The molecular formula is C23H24ClFN4O5. The number of carboxylic acids is 1. The van der Waals surface area contributed by atoms with Crippen molar-refractivity contribution in [1.29, 1.82) is 0 Å². The third-order valence-corrected chi connectivity index (χ3v) is 5.13. The van der Waals surface area contributed by atoms with Crippen LogP contribution in [0.1, 0.15) is 26.3 Å². The van der Waals surface area contributed by atoms with Crippen molar-refractivity contribution in [2.24, 2.45) is 5.92 Å². The highest BCUT2D eigenvalue weighted by atomic mass is 35.5. The Balaban J connectivity index is 2.05. The summed E-state index contributed by atoms with van der Waals surface area (Å²) in [6, 6.07) is 10.3. The van der Waals surface area contributed by atoms with E-state index in [-0.39, 0.29) is 25.1 Å². The molecular weight excluding hydrogens is 467 g/mol. The fourth-order valence-electron chi connectivity index (χ4n) is 3.11. The Hall–Kier alpha value is -3.66. The molecule has 1 atom stereocenters. The standard InChI is InChI=1S/C23H24ClFN4O5/c1-13(2)34-19-9-8-17(10-18(19)24)26-21-27-22(32)29(11-14(3)20(30)31)23(33)28(21)12-15-4-6-16(25)7-5-15/h4-10,13-14H,11-12H2,1-3H3,(H,30,31)(H,26,27,32)/t14-/m0/s1. The summed E-state index contributed by atoms with van der Waals surface area (Å²) in [7, 11) is 0. The van der Waals surface area contributed by atoms with E-state index in [9.17, 15) is 23.9 Å². The van der Waals surface area contributed by atoms with E-state index in [1.165, 1.54) is 35.8 Å². The van der Waals surface area contributed by atoms with Gasteiger partial charge in [0, 0.05) is 12.2 Å². The summed E-state index contributed by atoms with van der Waals surface area (Å²) < 4.78 is 20.9. The minimum Gasteiger partial charge on any atom is -0.489 e. The summed E-state index contributed by atoms with van der Waals surface area (Å²) in [5.41, 5.74) is -0.645. The van der Waals surface area contributed by atoms with Gasteiger partial charge in [-0.05, 0) is 49.7 Å². The second kappa shape index (κ2) is 10.5. The smallest absolute Gasteiger partial charge is 0.354 e. The largest absolute Gasteiger partial charge is 0.489 e. The molecule has 0 radical (unpaired) electrons. The average Bonchev–Trinajstić information content (AvgIpc) is 2.76. The van der Waals surface area contributed by atoms with Gasteiger partial charge in [-0.2, -0.15) is 4.98 Å². The quantitative estimate of drug-likeness (QED) is 0.471. The molecule has 2 N–H and O–H groups in total. The molecule has 34 heavy (non-hydrogen) atoms. The van der Waals surface area contributed by atoms with E-state index >= 15 is 0 Å². The topological polar surface area (TPSA) is 115 Å².